The molecule has 0 spiro atoms. The summed E-state index contributed by atoms with van der Waals surface area (Å²) >= 11 is 0. The first-order valence-corrected chi connectivity index (χ1v) is 5.22. The molecule has 1 rings (SSSR count). The van der Waals surface area contributed by atoms with Crippen LogP contribution in [0.4, 0.5) is 20.4 Å². The minimum atomic E-state index is -0.879. The van der Waals surface area contributed by atoms with Crippen molar-refractivity contribution in [2.75, 3.05) is 17.2 Å². The van der Waals surface area contributed by atoms with E-state index in [9.17, 15) is 8.78 Å². The van der Waals surface area contributed by atoms with E-state index in [-0.39, 0.29) is 24.1 Å². The largest absolute Gasteiger partial charge is 0.381 e. The van der Waals surface area contributed by atoms with Crippen molar-refractivity contribution in [2.45, 2.75) is 26.3 Å². The normalized spacial score (nSPS) is 10.4. The van der Waals surface area contributed by atoms with Crippen LogP contribution in [0.25, 0.3) is 0 Å². The molecule has 2 N–H and O–H groups in total. The van der Waals surface area contributed by atoms with E-state index in [1.54, 1.807) is 4.90 Å². The summed E-state index contributed by atoms with van der Waals surface area (Å²) in [5.41, 5.74) is 5.31. The molecule has 0 fully saturated rings. The predicted molar refractivity (Wildman–Crippen MR) is 61.3 cm³/mol. The van der Waals surface area contributed by atoms with Gasteiger partial charge in [0.2, 0.25) is 0 Å². The molecule has 1 aromatic heterocycles. The summed E-state index contributed by atoms with van der Waals surface area (Å²) in [7, 11) is 0. The van der Waals surface area contributed by atoms with Crippen LogP contribution in [-0.4, -0.2) is 17.6 Å². The molecule has 0 aliphatic heterocycles. The van der Waals surface area contributed by atoms with E-state index in [0.717, 1.165) is 0 Å². The van der Waals surface area contributed by atoms with Gasteiger partial charge in [-0.2, -0.15) is 5.26 Å². The number of nitrogens with zero attached hydrogens (tertiary/aromatic N) is 3. The van der Waals surface area contributed by atoms with Crippen LogP contribution in [0.3, 0.4) is 0 Å². The molecular formula is C11H14F2N4. The minimum absolute atomic E-state index is 0.0193. The van der Waals surface area contributed by atoms with Crippen molar-refractivity contribution in [1.29, 1.82) is 5.26 Å². The lowest BCUT2D eigenvalue weighted by Gasteiger charge is -2.27. The molecule has 0 atom stereocenters. The predicted octanol–water partition coefficient (Wildman–Crippen LogP) is 2.07. The van der Waals surface area contributed by atoms with Gasteiger partial charge in [0.25, 0.3) is 0 Å². The minimum Gasteiger partial charge on any atom is -0.381 e. The molecule has 0 saturated carbocycles. The van der Waals surface area contributed by atoms with Gasteiger partial charge in [0.15, 0.2) is 23.3 Å². The number of nitrogens with two attached hydrogens (primary N) is 1. The molecular weight excluding hydrogens is 226 g/mol. The van der Waals surface area contributed by atoms with Crippen LogP contribution in [0.5, 0.6) is 0 Å². The third kappa shape index (κ3) is 3.03. The number of rotatable bonds is 4. The highest BCUT2D eigenvalue weighted by atomic mass is 19.1. The second-order valence-corrected chi connectivity index (χ2v) is 3.86. The van der Waals surface area contributed by atoms with Gasteiger partial charge >= 0.3 is 0 Å². The molecule has 92 valence electrons. The van der Waals surface area contributed by atoms with Crippen LogP contribution < -0.4 is 10.6 Å². The maximum Gasteiger partial charge on any atom is 0.168 e. The van der Waals surface area contributed by atoms with Crippen LogP contribution in [0.2, 0.25) is 0 Å². The van der Waals surface area contributed by atoms with Crippen molar-refractivity contribution < 1.29 is 8.78 Å². The zero-order valence-electron chi connectivity index (χ0n) is 9.74. The highest BCUT2D eigenvalue weighted by Crippen LogP contribution is 2.22. The van der Waals surface area contributed by atoms with Crippen molar-refractivity contribution in [2.24, 2.45) is 0 Å². The van der Waals surface area contributed by atoms with Crippen LogP contribution >= 0.6 is 0 Å². The first-order chi connectivity index (χ1) is 7.97. The molecule has 0 radical (unpaired) electrons. The third-order valence-corrected chi connectivity index (χ3v) is 2.30. The second kappa shape index (κ2) is 5.43. The number of hydrogen-bond donors (Lipinski definition) is 1. The summed E-state index contributed by atoms with van der Waals surface area (Å²) in [6.45, 7) is 3.99. The van der Waals surface area contributed by atoms with E-state index in [1.807, 2.05) is 19.9 Å². The zero-order chi connectivity index (χ0) is 13.0. The molecule has 0 unspecified atom stereocenters. The van der Waals surface area contributed by atoms with Gasteiger partial charge in [0, 0.05) is 18.7 Å². The van der Waals surface area contributed by atoms with Crippen molar-refractivity contribution >= 4 is 11.6 Å². The Labute approximate surface area is 98.7 Å². The standard InChI is InChI=1S/C11H14F2N4/c1-7(2)17(5-3-4-14)11-9(13)6-8(12)10(15)16-11/h6-7H,3,5H2,1-2H3,(H2,15,16). The molecule has 1 aromatic rings. The molecule has 0 bridgehead atoms. The Bertz CT molecular complexity index is 440. The van der Waals surface area contributed by atoms with E-state index in [4.69, 9.17) is 11.0 Å². The number of halogens is 2. The Balaban J connectivity index is 3.10. The molecule has 0 amide bonds. The van der Waals surface area contributed by atoms with Gasteiger partial charge in [-0.25, -0.2) is 13.8 Å². The van der Waals surface area contributed by atoms with Gasteiger partial charge in [0.05, 0.1) is 12.5 Å². The molecule has 0 aromatic carbocycles. The van der Waals surface area contributed by atoms with Gasteiger partial charge in [0.1, 0.15) is 0 Å². The Morgan fingerprint density at radius 2 is 2.12 bits per heavy atom. The van der Waals surface area contributed by atoms with Crippen LogP contribution in [-0.2, 0) is 0 Å². The van der Waals surface area contributed by atoms with Crippen LogP contribution in [0.1, 0.15) is 20.3 Å². The average Bonchev–Trinajstić information content (AvgIpc) is 2.25. The Hall–Kier alpha value is -1.90. The Morgan fingerprint density at radius 1 is 1.47 bits per heavy atom. The number of nitriles is 1. The van der Waals surface area contributed by atoms with Crippen molar-refractivity contribution in [1.82, 2.24) is 4.98 Å². The Morgan fingerprint density at radius 3 is 2.65 bits per heavy atom. The first kappa shape index (κ1) is 13.2. The lowest BCUT2D eigenvalue weighted by Crippen LogP contribution is -2.33. The maximum absolute atomic E-state index is 13.6. The smallest absolute Gasteiger partial charge is 0.168 e. The van der Waals surface area contributed by atoms with Gasteiger partial charge < -0.3 is 10.6 Å². The monoisotopic (exact) mass is 240 g/mol. The third-order valence-electron chi connectivity index (χ3n) is 2.30. The maximum atomic E-state index is 13.6. The SMILES string of the molecule is CC(C)N(CCC#N)c1nc(N)c(F)cc1F. The summed E-state index contributed by atoms with van der Waals surface area (Å²) in [6.07, 6.45) is 0.233. The highest BCUT2D eigenvalue weighted by molar-refractivity contribution is 5.47. The topological polar surface area (TPSA) is 65.9 Å². The van der Waals surface area contributed by atoms with Gasteiger partial charge in [-0.3, -0.25) is 0 Å². The summed E-state index contributed by atoms with van der Waals surface area (Å²) in [5.74, 6) is -2.02. The van der Waals surface area contributed by atoms with Gasteiger partial charge in [-0.1, -0.05) is 0 Å². The summed E-state index contributed by atoms with van der Waals surface area (Å²) in [5, 5.41) is 8.54. The average molecular weight is 240 g/mol. The molecule has 6 heteroatoms. The van der Waals surface area contributed by atoms with Gasteiger partial charge in [-0.05, 0) is 13.8 Å². The number of hydrogen-bond acceptors (Lipinski definition) is 4. The number of aromatic nitrogens is 1. The summed E-state index contributed by atoms with van der Waals surface area (Å²) in [6, 6.07) is 2.62. The number of anilines is 2. The number of nitrogen functional groups attached to an aromatic ring is 1. The zero-order valence-corrected chi connectivity index (χ0v) is 9.74. The quantitative estimate of drug-likeness (QED) is 0.874. The van der Waals surface area contributed by atoms with Gasteiger partial charge in [-0.15, -0.1) is 0 Å². The molecule has 17 heavy (non-hydrogen) atoms. The highest BCUT2D eigenvalue weighted by Gasteiger charge is 2.18. The lowest BCUT2D eigenvalue weighted by molar-refractivity contribution is 0.561. The molecule has 0 aliphatic rings. The lowest BCUT2D eigenvalue weighted by atomic mass is 10.2. The second-order valence-electron chi connectivity index (χ2n) is 3.86. The van der Waals surface area contributed by atoms with E-state index < -0.39 is 11.6 Å². The Kier molecular flexibility index (Phi) is 4.21. The molecule has 0 aliphatic carbocycles. The van der Waals surface area contributed by atoms with E-state index in [2.05, 4.69) is 4.98 Å². The molecule has 1 heterocycles. The van der Waals surface area contributed by atoms with Crippen LogP contribution in [0, 0.1) is 23.0 Å². The fourth-order valence-corrected chi connectivity index (χ4v) is 1.45. The van der Waals surface area contributed by atoms with Crippen molar-refractivity contribution in [3.63, 3.8) is 0 Å². The summed E-state index contributed by atoms with van der Waals surface area (Å²) < 4.78 is 26.6. The van der Waals surface area contributed by atoms with Crippen molar-refractivity contribution in [3.05, 3.63) is 17.7 Å². The van der Waals surface area contributed by atoms with Crippen LogP contribution in [0.15, 0.2) is 6.07 Å². The van der Waals surface area contributed by atoms with Crippen molar-refractivity contribution in [3.8, 4) is 6.07 Å². The van der Waals surface area contributed by atoms with E-state index >= 15 is 0 Å². The first-order valence-electron chi connectivity index (χ1n) is 5.22. The molecule has 4 nitrogen and oxygen atoms in total. The number of pyridine rings is 1. The fraction of sp³-hybridized carbons (Fsp3) is 0.455. The fourth-order valence-electron chi connectivity index (χ4n) is 1.45. The molecule has 0 saturated heterocycles. The summed E-state index contributed by atoms with van der Waals surface area (Å²) in [4.78, 5) is 5.27. The van der Waals surface area contributed by atoms with E-state index in [1.165, 1.54) is 0 Å². The van der Waals surface area contributed by atoms with E-state index in [0.29, 0.717) is 12.6 Å².